The molecule has 0 aliphatic rings. The second-order valence-corrected chi connectivity index (χ2v) is 7.56. The molecule has 0 aliphatic carbocycles. The molecule has 2 aromatic rings. The molecule has 0 saturated heterocycles. The maximum absolute atomic E-state index is 8.88. The first kappa shape index (κ1) is 37.7. The molecule has 0 saturated carbocycles. The zero-order valence-corrected chi connectivity index (χ0v) is 25.2. The molecule has 0 atom stereocenters. The molecule has 0 bridgehead atoms. The van der Waals surface area contributed by atoms with Crippen molar-refractivity contribution in [3.8, 4) is 118 Å². The van der Waals surface area contributed by atoms with Gasteiger partial charge in [0.1, 0.15) is 0 Å². The Morgan fingerprint density at radius 1 is 0.578 bits per heavy atom. The minimum Gasteiger partial charge on any atom is -0.168 e. The zero-order chi connectivity index (χ0) is 33.7. The summed E-state index contributed by atoms with van der Waals surface area (Å²) in [5, 5.41) is 7.44. The van der Waals surface area contributed by atoms with E-state index in [1.807, 2.05) is 26.0 Å². The average molecular weight is 623 g/mol. The van der Waals surface area contributed by atoms with Gasteiger partial charge in [-0.2, -0.15) is 16.8 Å². The fourth-order valence-electron chi connectivity index (χ4n) is 3.02. The number of terminal acetylenes is 1. The molecule has 0 radical (unpaired) electrons. The van der Waals surface area contributed by atoms with Gasteiger partial charge in [-0.3, -0.25) is 0 Å². The Morgan fingerprint density at radius 3 is 1.22 bits per heavy atom. The molecule has 212 valence electrons. The number of nitrogens with zero attached hydrogens (tertiary/aromatic N) is 6. The fraction of sp³-hybridized carbons (Fsp3) is 0.0909. The Morgan fingerprint density at radius 2 is 0.889 bits per heavy atom. The van der Waals surface area contributed by atoms with Crippen molar-refractivity contribution >= 4 is 34.5 Å². The number of benzene rings is 2. The number of aryl methyl sites for hydroxylation is 2. The van der Waals surface area contributed by atoms with Crippen LogP contribution in [0.5, 0.6) is 0 Å². The maximum Gasteiger partial charge on any atom is 0.335 e. The third-order valence-electron chi connectivity index (χ3n) is 4.66. The number of hydrogen-bond donors (Lipinski definition) is 0. The first-order valence-electron chi connectivity index (χ1n) is 11.5. The fourth-order valence-corrected chi connectivity index (χ4v) is 3.02. The van der Waals surface area contributed by atoms with Crippen molar-refractivity contribution in [2.75, 3.05) is 0 Å². The van der Waals surface area contributed by atoms with E-state index in [-0.39, 0.29) is 0 Å². The summed E-state index contributed by atoms with van der Waals surface area (Å²) in [4.78, 5) is 5.73. The smallest absolute Gasteiger partial charge is 0.168 e. The van der Waals surface area contributed by atoms with Gasteiger partial charge in [-0.1, -0.05) is 28.3 Å². The van der Waals surface area contributed by atoms with Crippen LogP contribution in [0.15, 0.2) is 34.5 Å². The van der Waals surface area contributed by atoms with Crippen molar-refractivity contribution in [3.05, 3.63) is 67.4 Å². The molecule has 0 amide bonds. The Kier molecular flexibility index (Phi) is 20.6. The summed E-state index contributed by atoms with van der Waals surface area (Å²) in [5.74, 6) is 43.2. The highest BCUT2D eigenvalue weighted by molar-refractivity contribution is 7.51. The molecule has 0 unspecified atom stereocenters. The Labute approximate surface area is 267 Å². The van der Waals surface area contributed by atoms with E-state index in [4.69, 9.17) is 34.3 Å². The monoisotopic (exact) mass is 622 g/mol. The number of azide groups is 2. The van der Waals surface area contributed by atoms with Crippen LogP contribution in [0.1, 0.15) is 22.3 Å². The van der Waals surface area contributed by atoms with Crippen LogP contribution in [0.25, 0.3) is 32.0 Å². The average Bonchev–Trinajstić information content (AvgIpc) is 3.01. The van der Waals surface area contributed by atoms with E-state index in [0.29, 0.717) is 16.9 Å². The lowest BCUT2D eigenvalue weighted by Gasteiger charge is -2.12. The highest BCUT2D eigenvalue weighted by Gasteiger charge is 2.10. The van der Waals surface area contributed by atoms with Crippen LogP contribution in [0.2, 0.25) is 0 Å². The first-order valence-corrected chi connectivity index (χ1v) is 12.8. The Bertz CT molecular complexity index is 2150. The van der Waals surface area contributed by atoms with Crippen LogP contribution in [0, 0.1) is 128 Å². The quantitative estimate of drug-likeness (QED) is 0.207. The zero-order valence-electron chi connectivity index (χ0n) is 23.5. The van der Waals surface area contributed by atoms with E-state index in [1.54, 1.807) is 19.1 Å². The summed E-state index contributed by atoms with van der Waals surface area (Å²) in [6, 6.07) is 7.42. The molecule has 0 spiro atoms. The molecule has 0 aromatic heterocycles. The van der Waals surface area contributed by atoms with Gasteiger partial charge in [0.15, 0.2) is 0 Å². The molecule has 2 rings (SSSR count). The molecule has 0 aliphatic heterocycles. The second kappa shape index (κ2) is 24.5. The summed E-state index contributed by atoms with van der Waals surface area (Å²) < 4.78 is 33.2. The predicted octanol–water partition coefficient (Wildman–Crippen LogP) is 4.83. The van der Waals surface area contributed by atoms with E-state index < -0.39 is 23.1 Å². The third kappa shape index (κ3) is 15.9. The van der Waals surface area contributed by atoms with E-state index in [2.05, 4.69) is 121 Å². The number of rotatable bonds is 3. The van der Waals surface area contributed by atoms with Gasteiger partial charge >= 0.3 is 23.1 Å². The van der Waals surface area contributed by atoms with Gasteiger partial charge in [0, 0.05) is 26.8 Å². The summed E-state index contributed by atoms with van der Waals surface area (Å²) >= 11 is -1.50. The summed E-state index contributed by atoms with van der Waals surface area (Å²) in [7, 11) is 0. The summed E-state index contributed by atoms with van der Waals surface area (Å²) in [5.41, 5.74) is 23.5. The predicted molar refractivity (Wildman–Crippen MR) is 172 cm³/mol. The van der Waals surface area contributed by atoms with Crippen LogP contribution in [-0.4, -0.2) is 16.8 Å². The van der Waals surface area contributed by atoms with Gasteiger partial charge in [-0.25, -0.2) is 0 Å². The van der Waals surface area contributed by atoms with E-state index in [0.717, 1.165) is 27.8 Å². The van der Waals surface area contributed by atoms with Crippen molar-refractivity contribution in [1.82, 2.24) is 0 Å². The molecule has 2 aromatic carbocycles. The molecule has 12 heteroatoms. The highest BCUT2D eigenvalue weighted by atomic mass is 32.1. The lowest BCUT2D eigenvalue weighted by Crippen LogP contribution is -1.91. The van der Waals surface area contributed by atoms with Crippen molar-refractivity contribution in [3.63, 3.8) is 0 Å². The van der Waals surface area contributed by atoms with Crippen LogP contribution >= 0.6 is 0 Å². The van der Waals surface area contributed by atoms with Crippen molar-refractivity contribution in [2.24, 2.45) is 10.2 Å². The maximum atomic E-state index is 8.88. The van der Waals surface area contributed by atoms with Crippen LogP contribution < -0.4 is 0 Å². The highest BCUT2D eigenvalue weighted by Crippen LogP contribution is 2.36. The molecule has 45 heavy (non-hydrogen) atoms. The van der Waals surface area contributed by atoms with Crippen LogP contribution in [0.4, 0.5) is 11.4 Å². The third-order valence-corrected chi connectivity index (χ3v) is 4.66. The second-order valence-electron chi connectivity index (χ2n) is 7.28. The topological polar surface area (TPSA) is 166 Å². The molecule has 10 nitrogen and oxygen atoms in total. The molecular weight excluding hydrogens is 609 g/mol. The molecule has 0 fully saturated rings. The SMILES string of the molecule is C#CC#CC#CC#CC#CC#CC#CC#CC#Cc1c(C)cc(-c2cc(N=[N+]=[N-])c(C)c(N=[N+]=[N-])c2)cc1C.O=S=O.O=S=O. The largest absolute Gasteiger partial charge is 0.335 e. The van der Waals surface area contributed by atoms with E-state index in [1.165, 1.54) is 0 Å². The van der Waals surface area contributed by atoms with Gasteiger partial charge in [-0.15, -0.1) is 6.42 Å². The first-order chi connectivity index (χ1) is 21.8. The van der Waals surface area contributed by atoms with Gasteiger partial charge in [0.05, 0.1) is 0 Å². The summed E-state index contributed by atoms with van der Waals surface area (Å²) in [6.07, 6.45) is 4.95. The number of hydrogen-bond acceptors (Lipinski definition) is 6. The lowest BCUT2D eigenvalue weighted by atomic mass is 9.94. The normalized spacial score (nSPS) is 6.80. The van der Waals surface area contributed by atoms with E-state index in [9.17, 15) is 0 Å². The van der Waals surface area contributed by atoms with Crippen LogP contribution in [-0.2, 0) is 23.1 Å². The Hall–Kier alpha value is -7.26. The minimum atomic E-state index is -0.750. The summed E-state index contributed by atoms with van der Waals surface area (Å²) in [6.45, 7) is 5.60. The van der Waals surface area contributed by atoms with Crippen molar-refractivity contribution in [2.45, 2.75) is 20.8 Å². The van der Waals surface area contributed by atoms with Gasteiger partial charge in [0.25, 0.3) is 0 Å². The van der Waals surface area contributed by atoms with Gasteiger partial charge < -0.3 is 0 Å². The molecular formula is C33H14N6O4S2. The van der Waals surface area contributed by atoms with Crippen molar-refractivity contribution in [1.29, 1.82) is 0 Å². The van der Waals surface area contributed by atoms with Crippen LogP contribution in [0.3, 0.4) is 0 Å². The molecule has 0 N–H and O–H groups in total. The van der Waals surface area contributed by atoms with Crippen molar-refractivity contribution < 1.29 is 16.8 Å². The van der Waals surface area contributed by atoms with E-state index >= 15 is 0 Å². The Balaban J connectivity index is 0.00000298. The molecule has 0 heterocycles. The standard InChI is InChI=1S/C33H14N6.2O2S/c1-5-6-7-8-9-10-11-12-13-14-15-16-17-18-19-20-21-31-26(2)22-29(23-27(31)3)30-24-32(36-38-34)28(4)33(25-30)37-39-35;2*1-3-2/h1,22-25H,2-4H3;;. The minimum absolute atomic E-state index is 0.395. The van der Waals surface area contributed by atoms with Gasteiger partial charge in [-0.05, 0) is 167 Å². The van der Waals surface area contributed by atoms with Gasteiger partial charge in [0.2, 0.25) is 0 Å². The lowest BCUT2D eigenvalue weighted by molar-refractivity contribution is 0.628.